The number of rotatable bonds is 2. The molecule has 20 heavy (non-hydrogen) atoms. The van der Waals surface area contributed by atoms with Crippen molar-refractivity contribution in [3.63, 3.8) is 0 Å². The van der Waals surface area contributed by atoms with Crippen molar-refractivity contribution in [2.45, 2.75) is 18.7 Å². The summed E-state index contributed by atoms with van der Waals surface area (Å²) in [7, 11) is -3.73. The van der Waals surface area contributed by atoms with Gasteiger partial charge in [0.25, 0.3) is 10.0 Å². The lowest BCUT2D eigenvalue weighted by atomic mass is 10.2. The summed E-state index contributed by atoms with van der Waals surface area (Å²) in [6.45, 7) is 3.70. The van der Waals surface area contributed by atoms with Crippen LogP contribution in [0.3, 0.4) is 0 Å². The molecule has 2 aromatic carbocycles. The normalized spacial score (nSPS) is 11.9. The molecule has 1 aromatic heterocycles. The number of hydrogen-bond donors (Lipinski definition) is 0. The SMILES string of the molecule is Cc1ccc(S(=O)(=O)n2nnc3ccccc32)c(C)c1. The molecule has 0 fully saturated rings. The molecule has 0 unspecified atom stereocenters. The maximum Gasteiger partial charge on any atom is 0.285 e. The summed E-state index contributed by atoms with van der Waals surface area (Å²) >= 11 is 0. The molecule has 0 N–H and O–H groups in total. The molecule has 0 saturated heterocycles. The van der Waals surface area contributed by atoms with Crippen molar-refractivity contribution < 1.29 is 8.42 Å². The van der Waals surface area contributed by atoms with Gasteiger partial charge in [-0.2, -0.15) is 8.42 Å². The molecule has 0 radical (unpaired) electrons. The Hall–Kier alpha value is -2.21. The summed E-state index contributed by atoms with van der Waals surface area (Å²) in [6.07, 6.45) is 0. The Labute approximate surface area is 116 Å². The van der Waals surface area contributed by atoms with E-state index in [0.29, 0.717) is 16.6 Å². The Morgan fingerprint density at radius 2 is 1.80 bits per heavy atom. The van der Waals surface area contributed by atoms with Gasteiger partial charge in [-0.3, -0.25) is 0 Å². The van der Waals surface area contributed by atoms with E-state index in [1.807, 2.05) is 13.0 Å². The summed E-state index contributed by atoms with van der Waals surface area (Å²) in [5, 5.41) is 7.68. The van der Waals surface area contributed by atoms with Gasteiger partial charge in [-0.25, -0.2) is 0 Å². The molecular weight excluding hydrogens is 274 g/mol. The number of hydrogen-bond acceptors (Lipinski definition) is 4. The molecule has 102 valence electrons. The van der Waals surface area contributed by atoms with E-state index in [1.165, 1.54) is 0 Å². The van der Waals surface area contributed by atoms with Crippen LogP contribution in [0.4, 0.5) is 0 Å². The Kier molecular flexibility index (Phi) is 2.83. The second-order valence-electron chi connectivity index (χ2n) is 4.70. The largest absolute Gasteiger partial charge is 0.285 e. The van der Waals surface area contributed by atoms with Crippen LogP contribution < -0.4 is 0 Å². The van der Waals surface area contributed by atoms with E-state index in [0.717, 1.165) is 9.65 Å². The zero-order valence-corrected chi connectivity index (χ0v) is 11.9. The van der Waals surface area contributed by atoms with Crippen molar-refractivity contribution in [1.29, 1.82) is 0 Å². The Bertz CT molecular complexity index is 898. The minimum atomic E-state index is -3.73. The van der Waals surface area contributed by atoms with E-state index in [9.17, 15) is 8.42 Å². The predicted molar refractivity (Wildman–Crippen MR) is 76.0 cm³/mol. The van der Waals surface area contributed by atoms with E-state index in [2.05, 4.69) is 10.3 Å². The maximum absolute atomic E-state index is 12.7. The molecular formula is C14H13N3O2S. The van der Waals surface area contributed by atoms with Gasteiger partial charge in [0, 0.05) is 0 Å². The van der Waals surface area contributed by atoms with Crippen molar-refractivity contribution >= 4 is 21.1 Å². The van der Waals surface area contributed by atoms with Crippen LogP contribution in [0.2, 0.25) is 0 Å². The predicted octanol–water partition coefficient (Wildman–Crippen LogP) is 2.29. The third-order valence-corrected chi connectivity index (χ3v) is 4.90. The van der Waals surface area contributed by atoms with Gasteiger partial charge in [0.2, 0.25) is 0 Å². The van der Waals surface area contributed by atoms with Gasteiger partial charge in [0.05, 0.1) is 4.90 Å². The summed E-state index contributed by atoms with van der Waals surface area (Å²) in [5.74, 6) is 0. The quantitative estimate of drug-likeness (QED) is 0.725. The van der Waals surface area contributed by atoms with Gasteiger partial charge < -0.3 is 0 Å². The van der Waals surface area contributed by atoms with Crippen LogP contribution in [-0.2, 0) is 10.0 Å². The maximum atomic E-state index is 12.7. The van der Waals surface area contributed by atoms with Crippen LogP contribution in [0.15, 0.2) is 47.4 Å². The molecule has 6 heteroatoms. The molecule has 0 bridgehead atoms. The van der Waals surface area contributed by atoms with Gasteiger partial charge in [-0.15, -0.1) is 9.19 Å². The second-order valence-corrected chi connectivity index (χ2v) is 6.43. The number of aromatic nitrogens is 3. The zero-order chi connectivity index (χ0) is 14.3. The zero-order valence-electron chi connectivity index (χ0n) is 11.1. The van der Waals surface area contributed by atoms with Gasteiger partial charge in [0.1, 0.15) is 11.0 Å². The molecule has 3 aromatic rings. The van der Waals surface area contributed by atoms with Crippen LogP contribution in [0.5, 0.6) is 0 Å². The van der Waals surface area contributed by atoms with E-state index < -0.39 is 10.0 Å². The van der Waals surface area contributed by atoms with Gasteiger partial charge in [-0.05, 0) is 37.6 Å². The molecule has 1 heterocycles. The van der Waals surface area contributed by atoms with Gasteiger partial charge in [0.15, 0.2) is 0 Å². The number of fused-ring (bicyclic) bond motifs is 1. The van der Waals surface area contributed by atoms with E-state index >= 15 is 0 Å². The van der Waals surface area contributed by atoms with Crippen molar-refractivity contribution in [1.82, 2.24) is 14.4 Å². The first-order valence-electron chi connectivity index (χ1n) is 6.13. The van der Waals surface area contributed by atoms with Crippen LogP contribution in [0, 0.1) is 13.8 Å². The van der Waals surface area contributed by atoms with Gasteiger partial charge >= 0.3 is 0 Å². The lowest BCUT2D eigenvalue weighted by Gasteiger charge is -2.08. The minimum absolute atomic E-state index is 0.249. The minimum Gasteiger partial charge on any atom is -0.199 e. The lowest BCUT2D eigenvalue weighted by Crippen LogP contribution is -2.15. The molecule has 5 nitrogen and oxygen atoms in total. The Balaban J connectivity index is 2.26. The molecule has 0 saturated carbocycles. The highest BCUT2D eigenvalue weighted by Crippen LogP contribution is 2.22. The highest BCUT2D eigenvalue weighted by molar-refractivity contribution is 7.90. The Morgan fingerprint density at radius 1 is 1.05 bits per heavy atom. The van der Waals surface area contributed by atoms with Gasteiger partial charge in [-0.1, -0.05) is 35.0 Å². The van der Waals surface area contributed by atoms with Crippen LogP contribution >= 0.6 is 0 Å². The highest BCUT2D eigenvalue weighted by Gasteiger charge is 2.22. The summed E-state index contributed by atoms with van der Waals surface area (Å²) < 4.78 is 26.4. The number of nitrogens with zero attached hydrogens (tertiary/aromatic N) is 3. The summed E-state index contributed by atoms with van der Waals surface area (Å²) in [5.41, 5.74) is 2.75. The fourth-order valence-electron chi connectivity index (χ4n) is 2.21. The monoisotopic (exact) mass is 287 g/mol. The molecule has 0 atom stereocenters. The fourth-order valence-corrected chi connectivity index (χ4v) is 3.65. The van der Waals surface area contributed by atoms with Crippen molar-refractivity contribution in [2.75, 3.05) is 0 Å². The first-order valence-corrected chi connectivity index (χ1v) is 7.57. The first-order chi connectivity index (χ1) is 9.50. The van der Waals surface area contributed by atoms with Crippen LogP contribution in [0.25, 0.3) is 11.0 Å². The standard InChI is InChI=1S/C14H13N3O2S/c1-10-7-8-14(11(2)9-10)20(18,19)17-13-6-4-3-5-12(13)15-16-17/h3-9H,1-2H3. The van der Waals surface area contributed by atoms with Crippen LogP contribution in [0.1, 0.15) is 11.1 Å². The van der Waals surface area contributed by atoms with E-state index in [-0.39, 0.29) is 4.90 Å². The van der Waals surface area contributed by atoms with Crippen molar-refractivity contribution in [3.05, 3.63) is 53.6 Å². The fraction of sp³-hybridized carbons (Fsp3) is 0.143. The first kappa shape index (κ1) is 12.8. The molecule has 0 amide bonds. The summed E-state index contributed by atoms with van der Waals surface area (Å²) in [4.78, 5) is 0.249. The third-order valence-electron chi connectivity index (χ3n) is 3.16. The summed E-state index contributed by atoms with van der Waals surface area (Å²) in [6, 6.07) is 12.2. The van der Waals surface area contributed by atoms with Crippen LogP contribution in [-0.4, -0.2) is 22.8 Å². The second kappa shape index (κ2) is 4.42. The third kappa shape index (κ3) is 1.89. The van der Waals surface area contributed by atoms with E-state index in [1.54, 1.807) is 43.3 Å². The average Bonchev–Trinajstić information content (AvgIpc) is 2.82. The molecule has 0 aliphatic rings. The molecule has 0 aliphatic carbocycles. The Morgan fingerprint density at radius 3 is 2.55 bits per heavy atom. The highest BCUT2D eigenvalue weighted by atomic mass is 32.2. The smallest absolute Gasteiger partial charge is 0.199 e. The average molecular weight is 287 g/mol. The van der Waals surface area contributed by atoms with E-state index in [4.69, 9.17) is 0 Å². The molecule has 3 rings (SSSR count). The molecule has 0 aliphatic heterocycles. The van der Waals surface area contributed by atoms with Crippen molar-refractivity contribution in [2.24, 2.45) is 0 Å². The topological polar surface area (TPSA) is 64.8 Å². The lowest BCUT2D eigenvalue weighted by molar-refractivity contribution is 0.579. The van der Waals surface area contributed by atoms with Crippen molar-refractivity contribution in [3.8, 4) is 0 Å². The number of benzene rings is 2. The number of aryl methyl sites for hydroxylation is 2. The number of para-hydroxylation sites is 1. The molecule has 0 spiro atoms.